The minimum Gasteiger partial charge on any atom is -0.394 e. The van der Waals surface area contributed by atoms with Gasteiger partial charge >= 0.3 is 0 Å². The van der Waals surface area contributed by atoms with Crippen molar-refractivity contribution in [3.8, 4) is 0 Å². The van der Waals surface area contributed by atoms with E-state index < -0.39 is 0 Å². The molecule has 0 bridgehead atoms. The number of hydrogen-bond acceptors (Lipinski definition) is 5. The van der Waals surface area contributed by atoms with Gasteiger partial charge in [-0.3, -0.25) is 0 Å². The number of hydrogen-bond donors (Lipinski definition) is 2. The fourth-order valence-electron chi connectivity index (χ4n) is 3.07. The molecule has 1 aliphatic carbocycles. The first-order valence-corrected chi connectivity index (χ1v) is 7.30. The molecule has 110 valence electrons. The Morgan fingerprint density at radius 1 is 1.45 bits per heavy atom. The van der Waals surface area contributed by atoms with E-state index in [0.717, 1.165) is 26.1 Å². The number of ether oxygens (including phenoxy) is 1. The third-order valence-electron chi connectivity index (χ3n) is 4.07. The fraction of sp³-hybridized carbons (Fsp3) is 0.600. The van der Waals surface area contributed by atoms with E-state index in [4.69, 9.17) is 4.74 Å². The number of aliphatic hydroxyl groups is 1. The molecule has 0 radical (unpaired) electrons. The summed E-state index contributed by atoms with van der Waals surface area (Å²) in [6, 6.07) is 0.239. The molecule has 3 rings (SSSR count). The maximum absolute atomic E-state index is 9.25. The van der Waals surface area contributed by atoms with Gasteiger partial charge in [-0.2, -0.15) is 0 Å². The molecule has 20 heavy (non-hydrogen) atoms. The van der Waals surface area contributed by atoms with Gasteiger partial charge in [-0.25, -0.2) is 5.43 Å². The number of fused-ring (bicyclic) bond motifs is 1. The van der Waals surface area contributed by atoms with Gasteiger partial charge in [0, 0.05) is 25.2 Å². The Morgan fingerprint density at radius 2 is 2.35 bits per heavy atom. The monoisotopic (exact) mass is 277 g/mol. The van der Waals surface area contributed by atoms with Crippen molar-refractivity contribution in [2.45, 2.75) is 18.6 Å². The SMILES string of the molecule is CN1CCOC(CC2=C3C=CC=CC3NN2CCO)C1. The van der Waals surface area contributed by atoms with Crippen LogP contribution >= 0.6 is 0 Å². The number of nitrogens with zero attached hydrogens (tertiary/aromatic N) is 2. The van der Waals surface area contributed by atoms with Gasteiger partial charge in [-0.1, -0.05) is 24.3 Å². The fourth-order valence-corrected chi connectivity index (χ4v) is 3.07. The van der Waals surface area contributed by atoms with E-state index >= 15 is 0 Å². The highest BCUT2D eigenvalue weighted by Crippen LogP contribution is 2.29. The molecule has 2 aliphatic heterocycles. The summed E-state index contributed by atoms with van der Waals surface area (Å²) in [5.41, 5.74) is 5.99. The molecule has 2 atom stereocenters. The molecule has 3 aliphatic rings. The average molecular weight is 277 g/mol. The average Bonchev–Trinajstić information content (AvgIpc) is 2.78. The third kappa shape index (κ3) is 2.81. The van der Waals surface area contributed by atoms with Gasteiger partial charge in [0.25, 0.3) is 0 Å². The summed E-state index contributed by atoms with van der Waals surface area (Å²) in [5.74, 6) is 0. The van der Waals surface area contributed by atoms with Gasteiger partial charge < -0.3 is 19.8 Å². The largest absolute Gasteiger partial charge is 0.394 e. The first-order valence-electron chi connectivity index (χ1n) is 7.30. The molecule has 1 saturated heterocycles. The van der Waals surface area contributed by atoms with Crippen LogP contribution in [0.4, 0.5) is 0 Å². The van der Waals surface area contributed by atoms with E-state index in [2.05, 4.69) is 46.7 Å². The van der Waals surface area contributed by atoms with Crippen LogP contribution < -0.4 is 5.43 Å². The Labute approximate surface area is 120 Å². The Balaban J connectivity index is 1.76. The zero-order chi connectivity index (χ0) is 13.9. The van der Waals surface area contributed by atoms with E-state index in [9.17, 15) is 5.11 Å². The highest BCUT2D eigenvalue weighted by molar-refractivity contribution is 5.42. The van der Waals surface area contributed by atoms with Crippen molar-refractivity contribution in [1.29, 1.82) is 0 Å². The van der Waals surface area contributed by atoms with Crippen molar-refractivity contribution in [1.82, 2.24) is 15.3 Å². The third-order valence-corrected chi connectivity index (χ3v) is 4.07. The molecule has 1 fully saturated rings. The highest BCUT2D eigenvalue weighted by Gasteiger charge is 2.31. The zero-order valence-electron chi connectivity index (χ0n) is 12.0. The number of rotatable bonds is 4. The van der Waals surface area contributed by atoms with Crippen LogP contribution in [0.2, 0.25) is 0 Å². The Kier molecular flexibility index (Phi) is 4.21. The summed E-state index contributed by atoms with van der Waals surface area (Å²) in [6.07, 6.45) is 9.58. The van der Waals surface area contributed by atoms with Gasteiger partial charge in [0.2, 0.25) is 0 Å². The standard InChI is InChI=1S/C15H23N3O2/c1-17-7-9-20-12(11-17)10-15-13-4-2-3-5-14(13)16-18(15)6-8-19/h2-5,12,14,16,19H,6-11H2,1H3. The molecule has 2 heterocycles. The molecule has 2 unspecified atom stereocenters. The predicted molar refractivity (Wildman–Crippen MR) is 77.9 cm³/mol. The van der Waals surface area contributed by atoms with Crippen molar-refractivity contribution >= 4 is 0 Å². The topological polar surface area (TPSA) is 48.0 Å². The summed E-state index contributed by atoms with van der Waals surface area (Å²) in [5, 5.41) is 11.3. The van der Waals surface area contributed by atoms with E-state index in [1.54, 1.807) is 0 Å². The van der Waals surface area contributed by atoms with Crippen molar-refractivity contribution < 1.29 is 9.84 Å². The molecule has 5 nitrogen and oxygen atoms in total. The molecule has 0 spiro atoms. The summed E-state index contributed by atoms with van der Waals surface area (Å²) in [4.78, 5) is 2.31. The quantitative estimate of drug-likeness (QED) is 0.772. The van der Waals surface area contributed by atoms with Crippen molar-refractivity contribution in [2.75, 3.05) is 39.9 Å². The number of hydrazine groups is 1. The van der Waals surface area contributed by atoms with Crippen molar-refractivity contribution in [3.05, 3.63) is 35.6 Å². The number of allylic oxidation sites excluding steroid dienone is 2. The Bertz CT molecular complexity index is 444. The van der Waals surface area contributed by atoms with Crippen molar-refractivity contribution in [2.24, 2.45) is 0 Å². The van der Waals surface area contributed by atoms with Crippen molar-refractivity contribution in [3.63, 3.8) is 0 Å². The zero-order valence-corrected chi connectivity index (χ0v) is 12.0. The molecular formula is C15H23N3O2. The van der Waals surface area contributed by atoms with Gasteiger partial charge in [-0.05, 0) is 12.6 Å². The number of aliphatic hydroxyl groups excluding tert-OH is 1. The maximum atomic E-state index is 9.25. The normalized spacial score (nSPS) is 30.2. The number of likely N-dealkylation sites (N-methyl/N-ethyl adjacent to an activating group) is 1. The highest BCUT2D eigenvalue weighted by atomic mass is 16.5. The summed E-state index contributed by atoms with van der Waals surface area (Å²) >= 11 is 0. The Hall–Kier alpha value is -1.14. The second kappa shape index (κ2) is 6.10. The molecule has 2 N–H and O–H groups in total. The lowest BCUT2D eigenvalue weighted by Gasteiger charge is -2.32. The lowest BCUT2D eigenvalue weighted by Crippen LogP contribution is -2.42. The molecule has 0 saturated carbocycles. The predicted octanol–water partition coefficient (Wildman–Crippen LogP) is 0.268. The molecule has 5 heteroatoms. The number of β-amino-alcohol motifs (C(OH)–C–C–N with tert-alkyl or cyclic N) is 1. The van der Waals surface area contributed by atoms with E-state index in [1.807, 2.05) is 0 Å². The smallest absolute Gasteiger partial charge is 0.0757 e. The van der Waals surface area contributed by atoms with Gasteiger partial charge in [-0.15, -0.1) is 0 Å². The second-order valence-corrected chi connectivity index (χ2v) is 5.59. The molecule has 0 aromatic rings. The summed E-state index contributed by atoms with van der Waals surface area (Å²) in [7, 11) is 2.14. The molecule has 0 amide bonds. The van der Waals surface area contributed by atoms with Gasteiger partial charge in [0.1, 0.15) is 0 Å². The second-order valence-electron chi connectivity index (χ2n) is 5.59. The number of nitrogens with one attached hydrogen (secondary N) is 1. The summed E-state index contributed by atoms with van der Waals surface area (Å²) < 4.78 is 5.88. The molecular weight excluding hydrogens is 254 g/mol. The Morgan fingerprint density at radius 3 is 3.15 bits per heavy atom. The number of morpholine rings is 1. The van der Waals surface area contributed by atoms with Crippen LogP contribution in [0, 0.1) is 0 Å². The van der Waals surface area contributed by atoms with Crippen LogP contribution in [0.1, 0.15) is 6.42 Å². The van der Waals surface area contributed by atoms with Crippen LogP contribution in [0.25, 0.3) is 0 Å². The minimum absolute atomic E-state index is 0.148. The first-order chi connectivity index (χ1) is 9.78. The lowest BCUT2D eigenvalue weighted by molar-refractivity contribution is -0.0223. The minimum atomic E-state index is 0.148. The van der Waals surface area contributed by atoms with Gasteiger partial charge in [0.15, 0.2) is 0 Å². The van der Waals surface area contributed by atoms with Crippen LogP contribution in [0.15, 0.2) is 35.6 Å². The van der Waals surface area contributed by atoms with E-state index in [0.29, 0.717) is 6.54 Å². The first kappa shape index (κ1) is 13.8. The molecule has 0 aromatic heterocycles. The van der Waals surface area contributed by atoms with Crippen LogP contribution in [-0.2, 0) is 4.74 Å². The van der Waals surface area contributed by atoms with E-state index in [1.165, 1.54) is 11.3 Å². The van der Waals surface area contributed by atoms with Crippen LogP contribution in [-0.4, -0.2) is 67.1 Å². The van der Waals surface area contributed by atoms with Crippen LogP contribution in [0.5, 0.6) is 0 Å². The maximum Gasteiger partial charge on any atom is 0.0757 e. The lowest BCUT2D eigenvalue weighted by atomic mass is 9.99. The van der Waals surface area contributed by atoms with E-state index in [-0.39, 0.29) is 18.8 Å². The van der Waals surface area contributed by atoms with Crippen LogP contribution in [0.3, 0.4) is 0 Å². The summed E-state index contributed by atoms with van der Waals surface area (Å²) in [6.45, 7) is 3.53. The van der Waals surface area contributed by atoms with Gasteiger partial charge in [0.05, 0.1) is 31.9 Å². The molecule has 0 aromatic carbocycles.